The van der Waals surface area contributed by atoms with Crippen molar-refractivity contribution < 1.29 is 4.92 Å². The smallest absolute Gasteiger partial charge is 0.258 e. The Morgan fingerprint density at radius 2 is 1.29 bits per heavy atom. The number of hydrogen-bond donors (Lipinski definition) is 0. The van der Waals surface area contributed by atoms with E-state index in [1.807, 2.05) is 0 Å². The van der Waals surface area contributed by atoms with Crippen molar-refractivity contribution in [3.8, 4) is 0 Å². The van der Waals surface area contributed by atoms with Crippen molar-refractivity contribution in [1.29, 1.82) is 0 Å². The molecule has 4 bridgehead atoms. The van der Waals surface area contributed by atoms with E-state index in [4.69, 9.17) is 0 Å². The highest BCUT2D eigenvalue weighted by Crippen LogP contribution is 2.23. The quantitative estimate of drug-likeness (QED) is 0.460. The molecule has 0 aliphatic heterocycles. The third-order valence-electron chi connectivity index (χ3n) is 3.92. The summed E-state index contributed by atoms with van der Waals surface area (Å²) in [5.74, 6) is 0. The fourth-order valence-corrected chi connectivity index (χ4v) is 3.24. The van der Waals surface area contributed by atoms with E-state index in [2.05, 4.69) is 40.2 Å². The van der Waals surface area contributed by atoms with Crippen LogP contribution in [0, 0.1) is 10.1 Å². The van der Waals surface area contributed by atoms with Crippen molar-refractivity contribution in [3.63, 3.8) is 0 Å². The van der Waals surface area contributed by atoms with Gasteiger partial charge in [-0.25, -0.2) is 0 Å². The average molecular weight is 346 g/mol. The molecular weight excluding hydrogens is 330 g/mol. The Balaban J connectivity index is 1.98. The molecule has 2 aromatic carbocycles. The van der Waals surface area contributed by atoms with E-state index in [1.54, 1.807) is 12.1 Å². The summed E-state index contributed by atoms with van der Waals surface area (Å²) in [5, 5.41) is 11.9. The number of benzene rings is 2. The molecule has 0 atom stereocenters. The van der Waals surface area contributed by atoms with Gasteiger partial charge in [0.15, 0.2) is 0 Å². The first-order valence-corrected chi connectivity index (χ1v) is 8.21. The molecule has 0 radical (unpaired) electrons. The first-order valence-electron chi connectivity index (χ1n) is 7.09. The average Bonchev–Trinajstić information content (AvgIpc) is 2.50. The molecule has 3 nitrogen and oxygen atoms in total. The maximum Gasteiger partial charge on any atom is 0.269 e. The maximum atomic E-state index is 11.0. The van der Waals surface area contributed by atoms with Gasteiger partial charge in [-0.05, 0) is 53.5 Å². The van der Waals surface area contributed by atoms with Gasteiger partial charge in [0.1, 0.15) is 0 Å². The SMILES string of the molecule is O=[N+]([O-])c1cc2cc(c1)CCc1cc(CBr)cc(c1)CC2. The molecule has 0 N–H and O–H groups in total. The van der Waals surface area contributed by atoms with Crippen LogP contribution >= 0.6 is 15.9 Å². The molecule has 0 saturated carbocycles. The molecule has 0 unspecified atom stereocenters. The van der Waals surface area contributed by atoms with Crippen LogP contribution in [0.25, 0.3) is 0 Å². The minimum atomic E-state index is -0.291. The lowest BCUT2D eigenvalue weighted by atomic mass is 9.93. The van der Waals surface area contributed by atoms with Gasteiger partial charge in [-0.15, -0.1) is 0 Å². The first kappa shape index (κ1) is 14.3. The Bertz CT molecular complexity index is 653. The summed E-state index contributed by atoms with van der Waals surface area (Å²) < 4.78 is 0. The van der Waals surface area contributed by atoms with Crippen molar-refractivity contribution >= 4 is 21.6 Å². The summed E-state index contributed by atoms with van der Waals surface area (Å²) >= 11 is 3.52. The normalized spacial score (nSPS) is 13.8. The molecular formula is C17H16BrNO2. The Morgan fingerprint density at radius 3 is 1.67 bits per heavy atom. The summed E-state index contributed by atoms with van der Waals surface area (Å²) in [6.07, 6.45) is 3.54. The molecule has 0 heterocycles. The Kier molecular flexibility index (Phi) is 4.06. The Hall–Kier alpha value is -1.68. The van der Waals surface area contributed by atoms with Crippen LogP contribution in [-0.2, 0) is 31.0 Å². The number of aryl methyl sites for hydroxylation is 4. The molecule has 0 spiro atoms. The Labute approximate surface area is 132 Å². The van der Waals surface area contributed by atoms with Crippen LogP contribution in [0.2, 0.25) is 0 Å². The van der Waals surface area contributed by atoms with Crippen molar-refractivity contribution in [2.75, 3.05) is 0 Å². The fraction of sp³-hybridized carbons (Fsp3) is 0.294. The third-order valence-corrected chi connectivity index (χ3v) is 4.57. The zero-order valence-corrected chi connectivity index (χ0v) is 13.2. The van der Waals surface area contributed by atoms with Crippen molar-refractivity contribution in [2.45, 2.75) is 31.0 Å². The topological polar surface area (TPSA) is 43.1 Å². The predicted molar refractivity (Wildman–Crippen MR) is 87.0 cm³/mol. The predicted octanol–water partition coefficient (Wildman–Crippen LogP) is 4.37. The molecule has 4 heteroatoms. The number of rotatable bonds is 2. The lowest BCUT2D eigenvalue weighted by Crippen LogP contribution is -2.02. The zero-order chi connectivity index (χ0) is 14.8. The highest BCUT2D eigenvalue weighted by molar-refractivity contribution is 9.08. The van der Waals surface area contributed by atoms with E-state index in [-0.39, 0.29) is 10.6 Å². The molecule has 1 aliphatic carbocycles. The van der Waals surface area contributed by atoms with Gasteiger partial charge in [-0.3, -0.25) is 10.1 Å². The number of alkyl halides is 1. The second-order valence-electron chi connectivity index (χ2n) is 5.56. The molecule has 0 amide bonds. The van der Waals surface area contributed by atoms with E-state index in [0.717, 1.165) is 42.1 Å². The van der Waals surface area contributed by atoms with Crippen LogP contribution in [-0.4, -0.2) is 4.92 Å². The third kappa shape index (κ3) is 3.32. The van der Waals surface area contributed by atoms with E-state index in [0.29, 0.717) is 0 Å². The van der Waals surface area contributed by atoms with Gasteiger partial charge in [0, 0.05) is 17.5 Å². The van der Waals surface area contributed by atoms with Crippen LogP contribution in [0.1, 0.15) is 27.8 Å². The van der Waals surface area contributed by atoms with Crippen molar-refractivity contribution in [2.24, 2.45) is 0 Å². The molecule has 0 fully saturated rings. The summed E-state index contributed by atoms with van der Waals surface area (Å²) in [4.78, 5) is 10.8. The summed E-state index contributed by atoms with van der Waals surface area (Å²) in [5.41, 5.74) is 6.28. The highest BCUT2D eigenvalue weighted by Gasteiger charge is 2.12. The molecule has 21 heavy (non-hydrogen) atoms. The summed E-state index contributed by atoms with van der Waals surface area (Å²) in [6, 6.07) is 12.2. The van der Waals surface area contributed by atoms with Crippen LogP contribution in [0.3, 0.4) is 0 Å². The molecule has 108 valence electrons. The lowest BCUT2D eigenvalue weighted by molar-refractivity contribution is -0.385. The summed E-state index contributed by atoms with van der Waals surface area (Å²) in [7, 11) is 0. The van der Waals surface area contributed by atoms with Crippen molar-refractivity contribution in [3.05, 3.63) is 74.3 Å². The maximum absolute atomic E-state index is 11.0. The van der Waals surface area contributed by atoms with E-state index >= 15 is 0 Å². The monoisotopic (exact) mass is 345 g/mol. The van der Waals surface area contributed by atoms with E-state index in [1.165, 1.54) is 16.7 Å². The van der Waals surface area contributed by atoms with Crippen LogP contribution in [0.4, 0.5) is 5.69 Å². The lowest BCUT2D eigenvalue weighted by Gasteiger charge is -2.13. The standard InChI is InChI=1S/C17H16BrNO2/c18-11-16-7-12-1-3-14-6-15(4-2-13(5-12)8-16)10-17(9-14)19(20)21/h5-10H,1-4,11H2. The van der Waals surface area contributed by atoms with E-state index in [9.17, 15) is 10.1 Å². The molecule has 2 aromatic rings. The van der Waals surface area contributed by atoms with Gasteiger partial charge >= 0.3 is 0 Å². The number of halogens is 1. The number of nitrogens with zero attached hydrogens (tertiary/aromatic N) is 1. The second kappa shape index (κ2) is 5.98. The summed E-state index contributed by atoms with van der Waals surface area (Å²) in [6.45, 7) is 0. The number of nitro groups is 1. The number of non-ortho nitro benzene ring substituents is 1. The minimum Gasteiger partial charge on any atom is -0.258 e. The zero-order valence-electron chi connectivity index (χ0n) is 11.6. The molecule has 0 aromatic heterocycles. The molecule has 1 aliphatic rings. The van der Waals surface area contributed by atoms with Gasteiger partial charge < -0.3 is 0 Å². The van der Waals surface area contributed by atoms with Crippen LogP contribution < -0.4 is 0 Å². The molecule has 0 saturated heterocycles. The van der Waals surface area contributed by atoms with Crippen LogP contribution in [0.5, 0.6) is 0 Å². The highest BCUT2D eigenvalue weighted by atomic mass is 79.9. The largest absolute Gasteiger partial charge is 0.269 e. The van der Waals surface area contributed by atoms with Crippen LogP contribution in [0.15, 0.2) is 36.4 Å². The first-order chi connectivity index (χ1) is 10.1. The van der Waals surface area contributed by atoms with Gasteiger partial charge in [0.05, 0.1) is 4.92 Å². The van der Waals surface area contributed by atoms with Crippen molar-refractivity contribution in [1.82, 2.24) is 0 Å². The minimum absolute atomic E-state index is 0.216. The number of hydrogen-bond acceptors (Lipinski definition) is 2. The fourth-order valence-electron chi connectivity index (χ4n) is 2.92. The molecule has 3 rings (SSSR count). The number of nitro benzene ring substituents is 1. The van der Waals surface area contributed by atoms with Gasteiger partial charge in [-0.1, -0.05) is 40.2 Å². The van der Waals surface area contributed by atoms with Gasteiger partial charge in [-0.2, -0.15) is 0 Å². The number of fused-ring (bicyclic) bond motifs is 4. The second-order valence-corrected chi connectivity index (χ2v) is 6.12. The Morgan fingerprint density at radius 1 is 0.857 bits per heavy atom. The van der Waals surface area contributed by atoms with Gasteiger partial charge in [0.2, 0.25) is 0 Å². The van der Waals surface area contributed by atoms with Gasteiger partial charge in [0.25, 0.3) is 5.69 Å². The van der Waals surface area contributed by atoms with E-state index < -0.39 is 0 Å².